The molecular formula is C40H29N5. The van der Waals surface area contributed by atoms with Gasteiger partial charge in [-0.15, -0.1) is 0 Å². The zero-order valence-corrected chi connectivity index (χ0v) is 24.5. The number of aromatic nitrogens is 4. The largest absolute Gasteiger partial charge is 0.397 e. The number of hydrogen-bond donors (Lipinski definition) is 2. The molecular weight excluding hydrogens is 550 g/mol. The quantitative estimate of drug-likeness (QED) is 0.192. The Morgan fingerprint density at radius 2 is 0.978 bits per heavy atom. The van der Waals surface area contributed by atoms with Crippen molar-refractivity contribution in [1.82, 2.24) is 19.9 Å². The molecule has 0 aliphatic carbocycles. The summed E-state index contributed by atoms with van der Waals surface area (Å²) in [6.45, 7) is 0. The fraction of sp³-hybridized carbons (Fsp3) is 0.0250. The van der Waals surface area contributed by atoms with Crippen molar-refractivity contribution in [3.05, 3.63) is 157 Å². The molecule has 0 spiro atoms. The number of fused-ring (bicyclic) bond motifs is 3. The molecule has 0 saturated carbocycles. The predicted octanol–water partition coefficient (Wildman–Crippen LogP) is 9.35. The second-order valence-corrected chi connectivity index (χ2v) is 11.1. The van der Waals surface area contributed by atoms with E-state index in [-0.39, 0.29) is 0 Å². The van der Waals surface area contributed by atoms with Gasteiger partial charge in [0.25, 0.3) is 0 Å². The molecule has 5 heteroatoms. The number of rotatable bonds is 6. The van der Waals surface area contributed by atoms with Crippen molar-refractivity contribution >= 4 is 27.5 Å². The van der Waals surface area contributed by atoms with Gasteiger partial charge in [-0.25, -0.2) is 15.0 Å². The normalized spacial score (nSPS) is 11.3. The van der Waals surface area contributed by atoms with Crippen LogP contribution in [0.3, 0.4) is 0 Å². The molecule has 45 heavy (non-hydrogen) atoms. The highest BCUT2D eigenvalue weighted by molar-refractivity contribution is 6.13. The topological polar surface area (TPSA) is 80.5 Å². The van der Waals surface area contributed by atoms with Crippen molar-refractivity contribution in [2.24, 2.45) is 0 Å². The molecule has 5 nitrogen and oxygen atoms in total. The molecule has 0 atom stereocenters. The maximum absolute atomic E-state index is 6.88. The molecule has 3 N–H and O–H groups in total. The van der Waals surface area contributed by atoms with Crippen LogP contribution >= 0.6 is 0 Å². The van der Waals surface area contributed by atoms with Crippen LogP contribution in [0.5, 0.6) is 0 Å². The van der Waals surface area contributed by atoms with E-state index in [1.54, 1.807) is 0 Å². The number of nitrogen functional groups attached to an aromatic ring is 1. The van der Waals surface area contributed by atoms with Gasteiger partial charge in [-0.2, -0.15) is 0 Å². The molecule has 0 saturated heterocycles. The molecule has 0 fully saturated rings. The molecule has 8 aromatic rings. The van der Waals surface area contributed by atoms with Gasteiger partial charge in [-0.3, -0.25) is 0 Å². The summed E-state index contributed by atoms with van der Waals surface area (Å²) in [4.78, 5) is 18.4. The maximum atomic E-state index is 6.88. The van der Waals surface area contributed by atoms with Gasteiger partial charge in [0, 0.05) is 38.5 Å². The molecule has 214 valence electrons. The third-order valence-corrected chi connectivity index (χ3v) is 8.37. The van der Waals surface area contributed by atoms with Crippen molar-refractivity contribution in [2.45, 2.75) is 6.42 Å². The molecule has 0 unspecified atom stereocenters. The van der Waals surface area contributed by atoms with E-state index in [9.17, 15) is 0 Å². The van der Waals surface area contributed by atoms with Gasteiger partial charge in [0.1, 0.15) is 0 Å². The Labute approximate surface area is 261 Å². The molecule has 0 aliphatic rings. The van der Waals surface area contributed by atoms with E-state index in [1.165, 1.54) is 10.9 Å². The standard InChI is InChI=1S/C40H29N5/c41-36-33(23-24-34-32-21-11-12-22-35(32)42-37(34)36)30-19-9-7-17-28(30)25-29-18-8-10-20-31(29)40-44-38(26-13-3-1-4-14-26)43-39(45-40)27-15-5-2-6-16-27/h1-24,42H,25,41H2. The molecule has 0 aliphatic heterocycles. The lowest BCUT2D eigenvalue weighted by Gasteiger charge is -2.15. The summed E-state index contributed by atoms with van der Waals surface area (Å²) in [5.41, 5.74) is 17.0. The molecule has 0 bridgehead atoms. The SMILES string of the molecule is Nc1c(-c2ccccc2Cc2ccccc2-c2nc(-c3ccccc3)nc(-c3ccccc3)n2)ccc2c1[nH]c1ccccc12. The Balaban J connectivity index is 1.24. The summed E-state index contributed by atoms with van der Waals surface area (Å²) < 4.78 is 0. The average Bonchev–Trinajstić information content (AvgIpc) is 3.49. The van der Waals surface area contributed by atoms with Crippen LogP contribution in [0.25, 0.3) is 67.1 Å². The molecule has 6 aromatic carbocycles. The third-order valence-electron chi connectivity index (χ3n) is 8.37. The smallest absolute Gasteiger partial charge is 0.164 e. The van der Waals surface area contributed by atoms with Gasteiger partial charge in [0.2, 0.25) is 0 Å². The van der Waals surface area contributed by atoms with E-state index in [0.29, 0.717) is 23.9 Å². The van der Waals surface area contributed by atoms with Crippen molar-refractivity contribution in [3.8, 4) is 45.3 Å². The van der Waals surface area contributed by atoms with Crippen LogP contribution in [0.15, 0.2) is 146 Å². The highest BCUT2D eigenvalue weighted by Crippen LogP contribution is 2.38. The van der Waals surface area contributed by atoms with E-state index in [4.69, 9.17) is 20.7 Å². The number of hydrogen-bond acceptors (Lipinski definition) is 4. The van der Waals surface area contributed by atoms with Crippen molar-refractivity contribution in [2.75, 3.05) is 5.73 Å². The summed E-state index contributed by atoms with van der Waals surface area (Å²) in [6.07, 6.45) is 0.684. The van der Waals surface area contributed by atoms with Gasteiger partial charge >= 0.3 is 0 Å². The first-order valence-corrected chi connectivity index (χ1v) is 15.1. The Morgan fingerprint density at radius 3 is 1.67 bits per heavy atom. The van der Waals surface area contributed by atoms with Gasteiger partial charge in [-0.05, 0) is 29.2 Å². The zero-order chi connectivity index (χ0) is 30.2. The minimum Gasteiger partial charge on any atom is -0.397 e. The average molecular weight is 580 g/mol. The Bertz CT molecular complexity index is 2250. The molecule has 2 heterocycles. The number of anilines is 1. The lowest BCUT2D eigenvalue weighted by molar-refractivity contribution is 1.06. The van der Waals surface area contributed by atoms with Crippen LogP contribution in [-0.4, -0.2) is 19.9 Å². The summed E-state index contributed by atoms with van der Waals surface area (Å²) in [6, 6.07) is 49.7. The minimum atomic E-state index is 0.647. The molecule has 0 amide bonds. The van der Waals surface area contributed by atoms with E-state index in [0.717, 1.165) is 55.5 Å². The monoisotopic (exact) mass is 579 g/mol. The van der Waals surface area contributed by atoms with E-state index >= 15 is 0 Å². The fourth-order valence-electron chi connectivity index (χ4n) is 6.14. The summed E-state index contributed by atoms with van der Waals surface area (Å²) in [5, 5.41) is 2.31. The van der Waals surface area contributed by atoms with E-state index in [2.05, 4.69) is 77.8 Å². The summed E-state index contributed by atoms with van der Waals surface area (Å²) in [5.74, 6) is 1.94. The number of nitrogens with two attached hydrogens (primary N) is 1. The first kappa shape index (κ1) is 26.5. The molecule has 2 aromatic heterocycles. The lowest BCUT2D eigenvalue weighted by Crippen LogP contribution is -2.03. The Kier molecular flexibility index (Phi) is 6.61. The van der Waals surface area contributed by atoms with Crippen LogP contribution in [0.4, 0.5) is 5.69 Å². The summed E-state index contributed by atoms with van der Waals surface area (Å²) >= 11 is 0. The Hall–Kier alpha value is -6.07. The zero-order valence-electron chi connectivity index (χ0n) is 24.5. The van der Waals surface area contributed by atoms with Crippen LogP contribution in [0, 0.1) is 0 Å². The third kappa shape index (κ3) is 4.90. The second kappa shape index (κ2) is 11.2. The first-order chi connectivity index (χ1) is 22.2. The van der Waals surface area contributed by atoms with E-state index in [1.807, 2.05) is 72.8 Å². The minimum absolute atomic E-state index is 0.647. The van der Waals surface area contributed by atoms with E-state index < -0.39 is 0 Å². The number of aromatic amines is 1. The molecule has 0 radical (unpaired) electrons. The van der Waals surface area contributed by atoms with Crippen LogP contribution in [-0.2, 0) is 6.42 Å². The van der Waals surface area contributed by atoms with Crippen molar-refractivity contribution < 1.29 is 0 Å². The van der Waals surface area contributed by atoms with Crippen LogP contribution in [0.2, 0.25) is 0 Å². The number of benzene rings is 6. The van der Waals surface area contributed by atoms with Gasteiger partial charge in [-0.1, -0.05) is 140 Å². The number of nitrogens with one attached hydrogen (secondary N) is 1. The van der Waals surface area contributed by atoms with Gasteiger partial charge in [0.15, 0.2) is 17.5 Å². The first-order valence-electron chi connectivity index (χ1n) is 15.1. The number of H-pyrrole nitrogens is 1. The maximum Gasteiger partial charge on any atom is 0.164 e. The van der Waals surface area contributed by atoms with Crippen LogP contribution in [0.1, 0.15) is 11.1 Å². The summed E-state index contributed by atoms with van der Waals surface area (Å²) in [7, 11) is 0. The number of para-hydroxylation sites is 1. The predicted molar refractivity (Wildman–Crippen MR) is 185 cm³/mol. The van der Waals surface area contributed by atoms with Crippen molar-refractivity contribution in [3.63, 3.8) is 0 Å². The fourth-order valence-corrected chi connectivity index (χ4v) is 6.14. The lowest BCUT2D eigenvalue weighted by atomic mass is 9.91. The highest BCUT2D eigenvalue weighted by Gasteiger charge is 2.17. The van der Waals surface area contributed by atoms with Crippen molar-refractivity contribution in [1.29, 1.82) is 0 Å². The van der Waals surface area contributed by atoms with Gasteiger partial charge in [0.05, 0.1) is 11.2 Å². The van der Waals surface area contributed by atoms with Crippen LogP contribution < -0.4 is 5.73 Å². The molecule has 8 rings (SSSR count). The second-order valence-electron chi connectivity index (χ2n) is 11.1. The Morgan fingerprint density at radius 1 is 0.444 bits per heavy atom. The van der Waals surface area contributed by atoms with Gasteiger partial charge < -0.3 is 10.7 Å². The number of nitrogens with zero attached hydrogens (tertiary/aromatic N) is 3. The highest BCUT2D eigenvalue weighted by atomic mass is 15.0.